The van der Waals surface area contributed by atoms with Gasteiger partial charge in [0.15, 0.2) is 6.19 Å². The van der Waals surface area contributed by atoms with Crippen LogP contribution in [0.15, 0.2) is 36.7 Å². The molecule has 0 unspecified atom stereocenters. The van der Waals surface area contributed by atoms with Crippen LogP contribution in [0.3, 0.4) is 0 Å². The van der Waals surface area contributed by atoms with Crippen LogP contribution in [0.4, 0.5) is 21.7 Å². The van der Waals surface area contributed by atoms with Crippen molar-refractivity contribution in [3.8, 4) is 6.19 Å². The summed E-state index contributed by atoms with van der Waals surface area (Å²) in [7, 11) is 3.30. The molecule has 0 spiro atoms. The van der Waals surface area contributed by atoms with Gasteiger partial charge in [0.2, 0.25) is 0 Å². The molecule has 0 saturated carbocycles. The van der Waals surface area contributed by atoms with Gasteiger partial charge in [0.05, 0.1) is 5.69 Å². The fraction of sp³-hybridized carbons (Fsp3) is 0.154. The number of hydrogen-bond acceptors (Lipinski definition) is 5. The smallest absolute Gasteiger partial charge is 0.185 e. The third-order valence-electron chi connectivity index (χ3n) is 2.69. The van der Waals surface area contributed by atoms with Crippen LogP contribution in [-0.4, -0.2) is 24.1 Å². The molecule has 0 aliphatic rings. The Morgan fingerprint density at radius 1 is 1.16 bits per heavy atom. The lowest BCUT2D eigenvalue weighted by molar-refractivity contribution is 0.627. The summed E-state index contributed by atoms with van der Waals surface area (Å²) in [4.78, 5) is 11.0. The number of rotatable bonds is 3. The van der Waals surface area contributed by atoms with Gasteiger partial charge in [-0.1, -0.05) is 12.1 Å². The Labute approximate surface area is 110 Å². The zero-order valence-corrected chi connectivity index (χ0v) is 10.6. The van der Waals surface area contributed by atoms with E-state index in [1.807, 2.05) is 6.19 Å². The van der Waals surface area contributed by atoms with E-state index < -0.39 is 0 Å². The molecule has 6 heteroatoms. The van der Waals surface area contributed by atoms with Crippen LogP contribution < -0.4 is 9.80 Å². The Hall–Kier alpha value is -2.68. The third-order valence-corrected chi connectivity index (χ3v) is 2.69. The molecule has 0 aliphatic heterocycles. The summed E-state index contributed by atoms with van der Waals surface area (Å²) in [6.45, 7) is 0. The number of halogens is 1. The van der Waals surface area contributed by atoms with Gasteiger partial charge in [0.25, 0.3) is 0 Å². The Morgan fingerprint density at radius 3 is 2.53 bits per heavy atom. The first-order valence-electron chi connectivity index (χ1n) is 5.57. The molecule has 5 nitrogen and oxygen atoms in total. The van der Waals surface area contributed by atoms with E-state index in [9.17, 15) is 4.39 Å². The molecule has 1 aromatic heterocycles. The highest BCUT2D eigenvalue weighted by atomic mass is 19.1. The molecule has 0 radical (unpaired) electrons. The summed E-state index contributed by atoms with van der Waals surface area (Å²) >= 11 is 0. The molecular formula is C13H12FN5. The summed E-state index contributed by atoms with van der Waals surface area (Å²) in [5, 5.41) is 8.82. The van der Waals surface area contributed by atoms with E-state index in [1.54, 1.807) is 43.3 Å². The number of para-hydroxylation sites is 1. The monoisotopic (exact) mass is 257 g/mol. The Bertz CT molecular complexity index is 622. The molecule has 0 fully saturated rings. The van der Waals surface area contributed by atoms with Gasteiger partial charge in [-0.05, 0) is 12.1 Å². The molecule has 0 aliphatic carbocycles. The van der Waals surface area contributed by atoms with Gasteiger partial charge in [0, 0.05) is 20.2 Å². The highest BCUT2D eigenvalue weighted by Crippen LogP contribution is 2.25. The Morgan fingerprint density at radius 2 is 1.84 bits per heavy atom. The van der Waals surface area contributed by atoms with Gasteiger partial charge in [-0.15, -0.1) is 0 Å². The molecule has 0 N–H and O–H groups in total. The van der Waals surface area contributed by atoms with Crippen molar-refractivity contribution in [1.82, 2.24) is 9.97 Å². The van der Waals surface area contributed by atoms with E-state index in [1.165, 1.54) is 17.3 Å². The van der Waals surface area contributed by atoms with Gasteiger partial charge in [-0.3, -0.25) is 4.90 Å². The van der Waals surface area contributed by atoms with Gasteiger partial charge in [-0.25, -0.2) is 14.4 Å². The maximum absolute atomic E-state index is 13.7. The second-order valence-corrected chi connectivity index (χ2v) is 3.90. The van der Waals surface area contributed by atoms with Crippen molar-refractivity contribution >= 4 is 17.3 Å². The van der Waals surface area contributed by atoms with Crippen LogP contribution in [0.2, 0.25) is 0 Å². The first-order chi connectivity index (χ1) is 9.13. The van der Waals surface area contributed by atoms with Crippen molar-refractivity contribution in [1.29, 1.82) is 5.26 Å². The standard InChI is InChI=1S/C13H12FN5/c1-18(8-15)12-7-13(17-9-16-12)19(2)11-6-4-3-5-10(11)14/h3-7,9H,1-2H3. The zero-order valence-electron chi connectivity index (χ0n) is 10.6. The maximum atomic E-state index is 13.7. The van der Waals surface area contributed by atoms with E-state index in [4.69, 9.17) is 5.26 Å². The van der Waals surface area contributed by atoms with Crippen molar-refractivity contribution < 1.29 is 4.39 Å². The quantitative estimate of drug-likeness (QED) is 0.623. The third kappa shape index (κ3) is 2.60. The molecule has 2 aromatic rings. The average molecular weight is 257 g/mol. The number of nitrogens with zero attached hydrogens (tertiary/aromatic N) is 5. The lowest BCUT2D eigenvalue weighted by Gasteiger charge is -2.19. The van der Waals surface area contributed by atoms with Crippen LogP contribution in [-0.2, 0) is 0 Å². The molecule has 96 valence electrons. The first-order valence-corrected chi connectivity index (χ1v) is 5.57. The SMILES string of the molecule is CN(C#N)c1cc(N(C)c2ccccc2F)ncn1. The van der Waals surface area contributed by atoms with Gasteiger partial charge in [0.1, 0.15) is 23.8 Å². The lowest BCUT2D eigenvalue weighted by Crippen LogP contribution is -2.15. The number of aromatic nitrogens is 2. The second-order valence-electron chi connectivity index (χ2n) is 3.90. The maximum Gasteiger partial charge on any atom is 0.185 e. The second kappa shape index (κ2) is 5.31. The molecule has 0 bridgehead atoms. The van der Waals surface area contributed by atoms with Crippen LogP contribution >= 0.6 is 0 Å². The Balaban J connectivity index is 2.37. The minimum Gasteiger partial charge on any atom is -0.327 e. The predicted octanol–water partition coefficient (Wildman–Crippen LogP) is 2.30. The number of anilines is 3. The van der Waals surface area contributed by atoms with Crippen LogP contribution in [0.1, 0.15) is 0 Å². The largest absolute Gasteiger partial charge is 0.327 e. The van der Waals surface area contributed by atoms with E-state index in [2.05, 4.69) is 9.97 Å². The van der Waals surface area contributed by atoms with Crippen molar-refractivity contribution in [3.63, 3.8) is 0 Å². The fourth-order valence-corrected chi connectivity index (χ4v) is 1.60. The summed E-state index contributed by atoms with van der Waals surface area (Å²) in [6, 6.07) is 8.04. The molecule has 0 saturated heterocycles. The number of benzene rings is 1. The van der Waals surface area contributed by atoms with E-state index in [-0.39, 0.29) is 5.82 Å². The average Bonchev–Trinajstić information content (AvgIpc) is 2.46. The first kappa shape index (κ1) is 12.8. The summed E-state index contributed by atoms with van der Waals surface area (Å²) in [6.07, 6.45) is 3.29. The highest BCUT2D eigenvalue weighted by Gasteiger charge is 2.11. The van der Waals surface area contributed by atoms with Crippen LogP contribution in [0.25, 0.3) is 0 Å². The van der Waals surface area contributed by atoms with Crippen LogP contribution in [0.5, 0.6) is 0 Å². The topological polar surface area (TPSA) is 56.1 Å². The molecule has 1 aromatic carbocycles. The summed E-state index contributed by atoms with van der Waals surface area (Å²) in [5.74, 6) is 0.631. The fourth-order valence-electron chi connectivity index (χ4n) is 1.60. The van der Waals surface area contributed by atoms with E-state index in [0.717, 1.165) is 0 Å². The zero-order chi connectivity index (χ0) is 13.8. The van der Waals surface area contributed by atoms with Crippen molar-refractivity contribution in [2.24, 2.45) is 0 Å². The van der Waals surface area contributed by atoms with E-state index >= 15 is 0 Å². The molecule has 0 atom stereocenters. The molecular weight excluding hydrogens is 245 g/mol. The van der Waals surface area contributed by atoms with Gasteiger partial charge < -0.3 is 4.90 Å². The Kier molecular flexibility index (Phi) is 3.57. The van der Waals surface area contributed by atoms with E-state index in [0.29, 0.717) is 17.3 Å². The normalized spacial score (nSPS) is 9.79. The minimum atomic E-state index is -0.334. The van der Waals surface area contributed by atoms with Crippen molar-refractivity contribution in [2.75, 3.05) is 23.9 Å². The molecule has 0 amide bonds. The van der Waals surface area contributed by atoms with Crippen LogP contribution in [0, 0.1) is 17.3 Å². The summed E-state index contributed by atoms with van der Waals surface area (Å²) in [5.41, 5.74) is 0.409. The number of hydrogen-bond donors (Lipinski definition) is 0. The lowest BCUT2D eigenvalue weighted by atomic mass is 10.3. The number of nitriles is 1. The predicted molar refractivity (Wildman–Crippen MR) is 70.5 cm³/mol. The van der Waals surface area contributed by atoms with Crippen molar-refractivity contribution in [3.05, 3.63) is 42.5 Å². The molecule has 19 heavy (non-hydrogen) atoms. The summed E-state index contributed by atoms with van der Waals surface area (Å²) < 4.78 is 13.7. The van der Waals surface area contributed by atoms with Gasteiger partial charge >= 0.3 is 0 Å². The van der Waals surface area contributed by atoms with Crippen molar-refractivity contribution in [2.45, 2.75) is 0 Å². The molecule has 2 rings (SSSR count). The minimum absolute atomic E-state index is 0.334. The molecule has 1 heterocycles. The van der Waals surface area contributed by atoms with Gasteiger partial charge in [-0.2, -0.15) is 5.26 Å². The highest BCUT2D eigenvalue weighted by molar-refractivity contribution is 5.62.